The van der Waals surface area contributed by atoms with Gasteiger partial charge in [-0.3, -0.25) is 4.79 Å². The van der Waals surface area contributed by atoms with Crippen molar-refractivity contribution in [3.05, 3.63) is 23.8 Å². The van der Waals surface area contributed by atoms with Crippen molar-refractivity contribution in [2.45, 2.75) is 34.1 Å². The molecule has 0 aliphatic heterocycles. The summed E-state index contributed by atoms with van der Waals surface area (Å²) in [5.41, 5.74) is 0.268. The van der Waals surface area contributed by atoms with Gasteiger partial charge in [-0.05, 0) is 51.0 Å². The Balaban J connectivity index is 2.85. The topological polar surface area (TPSA) is 46.5 Å². The molecular weight excluding hydrogens is 204 g/mol. The lowest BCUT2D eigenvalue weighted by Crippen LogP contribution is -2.28. The van der Waals surface area contributed by atoms with E-state index >= 15 is 0 Å². The van der Waals surface area contributed by atoms with E-state index in [0.717, 1.165) is 12.0 Å². The highest BCUT2D eigenvalue weighted by atomic mass is 16.5. The number of aryl methyl sites for hydroxylation is 1. The van der Waals surface area contributed by atoms with Crippen LogP contribution in [0.15, 0.2) is 18.2 Å². The fourth-order valence-corrected chi connectivity index (χ4v) is 1.13. The van der Waals surface area contributed by atoms with Gasteiger partial charge in [0.1, 0.15) is 11.5 Å². The van der Waals surface area contributed by atoms with E-state index in [1.807, 2.05) is 20.8 Å². The van der Waals surface area contributed by atoms with Gasteiger partial charge >= 0.3 is 5.97 Å². The molecule has 0 bridgehead atoms. The predicted octanol–water partition coefficient (Wildman–Crippen LogP) is 3.04. The van der Waals surface area contributed by atoms with E-state index in [4.69, 9.17) is 4.74 Å². The number of carbonyl (C=O) groups is 1. The van der Waals surface area contributed by atoms with Crippen molar-refractivity contribution in [3.8, 4) is 11.5 Å². The first kappa shape index (κ1) is 12.6. The Morgan fingerprint density at radius 3 is 2.56 bits per heavy atom. The fraction of sp³-hybridized carbons (Fsp3) is 0.462. The van der Waals surface area contributed by atoms with Gasteiger partial charge < -0.3 is 9.84 Å². The summed E-state index contributed by atoms with van der Waals surface area (Å²) in [6.45, 7) is 7.45. The Labute approximate surface area is 96.1 Å². The third-order valence-corrected chi connectivity index (χ3v) is 2.80. The Bertz CT molecular complexity index is 394. The van der Waals surface area contributed by atoms with Crippen LogP contribution in [0.2, 0.25) is 0 Å². The number of aromatic hydroxyl groups is 1. The molecule has 0 saturated heterocycles. The van der Waals surface area contributed by atoms with Gasteiger partial charge in [0.2, 0.25) is 0 Å². The lowest BCUT2D eigenvalue weighted by atomic mass is 9.91. The minimum absolute atomic E-state index is 0.173. The summed E-state index contributed by atoms with van der Waals surface area (Å²) in [6, 6.07) is 4.68. The highest BCUT2D eigenvalue weighted by Gasteiger charge is 2.27. The van der Waals surface area contributed by atoms with E-state index in [1.54, 1.807) is 19.1 Å². The first-order valence-electron chi connectivity index (χ1n) is 5.38. The second-order valence-electron chi connectivity index (χ2n) is 4.58. The van der Waals surface area contributed by atoms with Gasteiger partial charge in [0.15, 0.2) is 0 Å². The smallest absolute Gasteiger partial charge is 0.316 e. The summed E-state index contributed by atoms with van der Waals surface area (Å²) in [5, 5.41) is 9.24. The standard InChI is InChI=1S/C13H18O3/c1-5-13(3,4)12(15)16-11-7-6-10(14)8-9(11)2/h6-8,14H,5H2,1-4H3. The first-order chi connectivity index (χ1) is 7.36. The minimum Gasteiger partial charge on any atom is -0.508 e. The molecule has 0 spiro atoms. The number of carbonyl (C=O) groups excluding carboxylic acids is 1. The number of esters is 1. The van der Waals surface area contributed by atoms with Crippen LogP contribution in [-0.4, -0.2) is 11.1 Å². The average molecular weight is 222 g/mol. The van der Waals surface area contributed by atoms with Crippen LogP contribution in [0.25, 0.3) is 0 Å². The van der Waals surface area contributed by atoms with E-state index in [9.17, 15) is 9.90 Å². The van der Waals surface area contributed by atoms with Crippen molar-refractivity contribution in [2.24, 2.45) is 5.41 Å². The molecule has 0 saturated carbocycles. The third kappa shape index (κ3) is 2.75. The molecule has 1 aromatic rings. The first-order valence-corrected chi connectivity index (χ1v) is 5.38. The van der Waals surface area contributed by atoms with Crippen LogP contribution in [0, 0.1) is 12.3 Å². The SMILES string of the molecule is CCC(C)(C)C(=O)Oc1ccc(O)cc1C. The number of phenolic OH excluding ortho intramolecular Hbond substituents is 1. The van der Waals surface area contributed by atoms with Crippen molar-refractivity contribution in [2.75, 3.05) is 0 Å². The molecule has 3 heteroatoms. The van der Waals surface area contributed by atoms with Crippen LogP contribution >= 0.6 is 0 Å². The molecule has 88 valence electrons. The molecule has 0 aliphatic rings. The number of rotatable bonds is 3. The zero-order valence-corrected chi connectivity index (χ0v) is 10.2. The number of benzene rings is 1. The van der Waals surface area contributed by atoms with Crippen LogP contribution in [0.1, 0.15) is 32.8 Å². The zero-order chi connectivity index (χ0) is 12.3. The van der Waals surface area contributed by atoms with Crippen molar-refractivity contribution >= 4 is 5.97 Å². The van der Waals surface area contributed by atoms with E-state index < -0.39 is 5.41 Å². The molecule has 0 atom stereocenters. The monoisotopic (exact) mass is 222 g/mol. The van der Waals surface area contributed by atoms with Crippen LogP contribution in [0.4, 0.5) is 0 Å². The largest absolute Gasteiger partial charge is 0.508 e. The third-order valence-electron chi connectivity index (χ3n) is 2.80. The minimum atomic E-state index is -0.482. The Morgan fingerprint density at radius 1 is 1.44 bits per heavy atom. The summed E-state index contributed by atoms with van der Waals surface area (Å²) in [4.78, 5) is 11.8. The molecule has 0 aromatic heterocycles. The van der Waals surface area contributed by atoms with Gasteiger partial charge in [-0.2, -0.15) is 0 Å². The van der Waals surface area contributed by atoms with Crippen molar-refractivity contribution in [1.82, 2.24) is 0 Å². The lowest BCUT2D eigenvalue weighted by Gasteiger charge is -2.20. The maximum absolute atomic E-state index is 11.8. The number of hydrogen-bond donors (Lipinski definition) is 1. The molecule has 1 aromatic carbocycles. The number of phenols is 1. The van der Waals surface area contributed by atoms with E-state index in [2.05, 4.69) is 0 Å². The van der Waals surface area contributed by atoms with Crippen LogP contribution < -0.4 is 4.74 Å². The summed E-state index contributed by atoms with van der Waals surface area (Å²) in [5.74, 6) is 0.431. The van der Waals surface area contributed by atoms with E-state index in [0.29, 0.717) is 5.75 Å². The van der Waals surface area contributed by atoms with E-state index in [1.165, 1.54) is 6.07 Å². The maximum Gasteiger partial charge on any atom is 0.316 e. The quantitative estimate of drug-likeness (QED) is 0.631. The molecular formula is C13H18O3. The molecule has 0 fully saturated rings. The summed E-state index contributed by atoms with van der Waals surface area (Å²) < 4.78 is 5.31. The Kier molecular flexibility index (Phi) is 3.58. The van der Waals surface area contributed by atoms with Crippen molar-refractivity contribution < 1.29 is 14.6 Å². The molecule has 0 unspecified atom stereocenters. The second kappa shape index (κ2) is 4.56. The number of hydrogen-bond acceptors (Lipinski definition) is 3. The van der Waals surface area contributed by atoms with Crippen LogP contribution in [0.3, 0.4) is 0 Å². The molecule has 0 aliphatic carbocycles. The maximum atomic E-state index is 11.8. The highest BCUT2D eigenvalue weighted by Crippen LogP contribution is 2.27. The van der Waals surface area contributed by atoms with Crippen molar-refractivity contribution in [1.29, 1.82) is 0 Å². The normalized spacial score (nSPS) is 11.2. The molecule has 0 amide bonds. The molecule has 0 radical (unpaired) electrons. The summed E-state index contributed by atoms with van der Waals surface area (Å²) in [7, 11) is 0. The molecule has 0 heterocycles. The molecule has 16 heavy (non-hydrogen) atoms. The van der Waals surface area contributed by atoms with Gasteiger partial charge in [-0.1, -0.05) is 6.92 Å². The molecule has 1 N–H and O–H groups in total. The summed E-state index contributed by atoms with van der Waals surface area (Å²) >= 11 is 0. The fourth-order valence-electron chi connectivity index (χ4n) is 1.13. The Morgan fingerprint density at radius 2 is 2.06 bits per heavy atom. The van der Waals surface area contributed by atoms with Gasteiger partial charge in [0.25, 0.3) is 0 Å². The van der Waals surface area contributed by atoms with Gasteiger partial charge in [-0.15, -0.1) is 0 Å². The number of ether oxygens (including phenoxy) is 1. The molecule has 1 rings (SSSR count). The highest BCUT2D eigenvalue weighted by molar-refractivity contribution is 5.78. The summed E-state index contributed by atoms with van der Waals surface area (Å²) in [6.07, 6.45) is 0.725. The van der Waals surface area contributed by atoms with E-state index in [-0.39, 0.29) is 11.7 Å². The van der Waals surface area contributed by atoms with Gasteiger partial charge in [0, 0.05) is 0 Å². The van der Waals surface area contributed by atoms with Gasteiger partial charge in [-0.25, -0.2) is 0 Å². The van der Waals surface area contributed by atoms with Crippen molar-refractivity contribution in [3.63, 3.8) is 0 Å². The average Bonchev–Trinajstić information content (AvgIpc) is 2.22. The molecule has 3 nitrogen and oxygen atoms in total. The Hall–Kier alpha value is -1.51. The second-order valence-corrected chi connectivity index (χ2v) is 4.58. The van der Waals surface area contributed by atoms with Crippen LogP contribution in [-0.2, 0) is 4.79 Å². The van der Waals surface area contributed by atoms with Gasteiger partial charge in [0.05, 0.1) is 5.41 Å². The lowest BCUT2D eigenvalue weighted by molar-refractivity contribution is -0.144. The predicted molar refractivity (Wildman–Crippen MR) is 62.6 cm³/mol. The van der Waals surface area contributed by atoms with Crippen LogP contribution in [0.5, 0.6) is 11.5 Å². The zero-order valence-electron chi connectivity index (χ0n) is 10.2.